The molecule has 2 nitrogen and oxygen atoms in total. The minimum absolute atomic E-state index is 0.699. The molecule has 1 fully saturated rings. The first kappa shape index (κ1) is 11.9. The van der Waals surface area contributed by atoms with E-state index in [2.05, 4.69) is 11.8 Å². The third-order valence-electron chi connectivity index (χ3n) is 2.93. The molecule has 0 aliphatic carbocycles. The summed E-state index contributed by atoms with van der Waals surface area (Å²) >= 11 is 8.27. The Hall–Kier alpha value is -0.540. The van der Waals surface area contributed by atoms with Crippen molar-refractivity contribution in [1.29, 1.82) is 0 Å². The molecule has 4 heteroatoms. The Balaban J connectivity index is 2.23. The Morgan fingerprint density at radius 1 is 1.56 bits per heavy atom. The second kappa shape index (κ2) is 5.19. The van der Waals surface area contributed by atoms with Crippen LogP contribution in [0.15, 0.2) is 18.2 Å². The van der Waals surface area contributed by atoms with E-state index in [4.69, 9.17) is 17.3 Å². The standard InChI is InChI=1S/C12H17ClN2S/c1-2-9-8-15(6-7-16-9)12-10(13)4-3-5-11(12)14/h3-5,9H,2,6-8,14H2,1H3. The van der Waals surface area contributed by atoms with Crippen LogP contribution in [0.2, 0.25) is 5.02 Å². The Kier molecular flexibility index (Phi) is 3.87. The van der Waals surface area contributed by atoms with Crippen LogP contribution in [0.5, 0.6) is 0 Å². The zero-order chi connectivity index (χ0) is 11.5. The van der Waals surface area contributed by atoms with E-state index in [-0.39, 0.29) is 0 Å². The van der Waals surface area contributed by atoms with E-state index < -0.39 is 0 Å². The number of para-hydroxylation sites is 1. The molecule has 1 aliphatic heterocycles. The van der Waals surface area contributed by atoms with Crippen LogP contribution in [0.1, 0.15) is 13.3 Å². The smallest absolute Gasteiger partial charge is 0.0789 e. The molecule has 2 rings (SSSR count). The molecule has 1 atom stereocenters. The highest BCUT2D eigenvalue weighted by molar-refractivity contribution is 8.00. The quantitative estimate of drug-likeness (QED) is 0.824. The van der Waals surface area contributed by atoms with Gasteiger partial charge in [-0.1, -0.05) is 24.6 Å². The Morgan fingerprint density at radius 2 is 2.38 bits per heavy atom. The molecule has 1 aliphatic rings. The number of nitrogen functional groups attached to an aromatic ring is 1. The molecule has 1 unspecified atom stereocenters. The highest BCUT2D eigenvalue weighted by Gasteiger charge is 2.22. The molecular weight excluding hydrogens is 240 g/mol. The van der Waals surface area contributed by atoms with Crippen LogP contribution in [-0.2, 0) is 0 Å². The number of benzene rings is 1. The molecule has 2 N–H and O–H groups in total. The Bertz CT molecular complexity index is 350. The average Bonchev–Trinajstić information content (AvgIpc) is 2.29. The second-order valence-corrected chi connectivity index (χ2v) is 5.84. The summed E-state index contributed by atoms with van der Waals surface area (Å²) in [5, 5.41) is 1.46. The zero-order valence-electron chi connectivity index (χ0n) is 9.45. The van der Waals surface area contributed by atoms with Gasteiger partial charge in [0.1, 0.15) is 0 Å². The van der Waals surface area contributed by atoms with Crippen LogP contribution in [0.4, 0.5) is 11.4 Å². The number of rotatable bonds is 2. The maximum atomic E-state index is 6.23. The lowest BCUT2D eigenvalue weighted by Gasteiger charge is -2.34. The number of anilines is 2. The fourth-order valence-electron chi connectivity index (χ4n) is 2.04. The minimum atomic E-state index is 0.699. The SMILES string of the molecule is CCC1CN(c2c(N)cccc2Cl)CCS1. The van der Waals surface area contributed by atoms with Crippen molar-refractivity contribution in [1.82, 2.24) is 0 Å². The lowest BCUT2D eigenvalue weighted by Crippen LogP contribution is -2.38. The minimum Gasteiger partial charge on any atom is -0.397 e. The van der Waals surface area contributed by atoms with Crippen molar-refractivity contribution in [3.63, 3.8) is 0 Å². The summed E-state index contributed by atoms with van der Waals surface area (Å²) in [4.78, 5) is 2.32. The number of halogens is 1. The predicted octanol–water partition coefficient (Wildman–Crippen LogP) is 3.25. The van der Waals surface area contributed by atoms with Crippen LogP contribution in [-0.4, -0.2) is 24.1 Å². The second-order valence-electron chi connectivity index (χ2n) is 4.02. The van der Waals surface area contributed by atoms with Crippen LogP contribution >= 0.6 is 23.4 Å². The fourth-order valence-corrected chi connectivity index (χ4v) is 3.52. The van der Waals surface area contributed by atoms with Gasteiger partial charge in [0.25, 0.3) is 0 Å². The van der Waals surface area contributed by atoms with Crippen molar-refractivity contribution >= 4 is 34.7 Å². The van der Waals surface area contributed by atoms with Crippen molar-refractivity contribution < 1.29 is 0 Å². The summed E-state index contributed by atoms with van der Waals surface area (Å²) in [5.74, 6) is 1.16. The van der Waals surface area contributed by atoms with Crippen molar-refractivity contribution in [2.45, 2.75) is 18.6 Å². The summed E-state index contributed by atoms with van der Waals surface area (Å²) < 4.78 is 0. The molecule has 1 heterocycles. The molecule has 88 valence electrons. The zero-order valence-corrected chi connectivity index (χ0v) is 11.0. The molecular formula is C12H17ClN2S. The summed E-state index contributed by atoms with van der Waals surface area (Å²) in [6.07, 6.45) is 1.20. The van der Waals surface area contributed by atoms with E-state index in [1.165, 1.54) is 6.42 Å². The van der Waals surface area contributed by atoms with Crippen LogP contribution < -0.4 is 10.6 Å². The van der Waals surface area contributed by atoms with Crippen molar-refractivity contribution in [3.05, 3.63) is 23.2 Å². The predicted molar refractivity (Wildman–Crippen MR) is 74.6 cm³/mol. The van der Waals surface area contributed by atoms with Crippen molar-refractivity contribution in [3.8, 4) is 0 Å². The van der Waals surface area contributed by atoms with Gasteiger partial charge >= 0.3 is 0 Å². The van der Waals surface area contributed by atoms with Gasteiger partial charge in [-0.3, -0.25) is 0 Å². The van der Waals surface area contributed by atoms with E-state index in [1.54, 1.807) is 0 Å². The molecule has 0 radical (unpaired) electrons. The van der Waals surface area contributed by atoms with E-state index in [1.807, 2.05) is 30.0 Å². The summed E-state index contributed by atoms with van der Waals surface area (Å²) in [5.41, 5.74) is 7.81. The van der Waals surface area contributed by atoms with Gasteiger partial charge in [-0.15, -0.1) is 0 Å². The van der Waals surface area contributed by atoms with Crippen molar-refractivity contribution in [2.24, 2.45) is 0 Å². The van der Waals surface area contributed by atoms with Crippen LogP contribution in [0, 0.1) is 0 Å². The van der Waals surface area contributed by atoms with Gasteiger partial charge in [0, 0.05) is 24.1 Å². The van der Waals surface area contributed by atoms with E-state index in [9.17, 15) is 0 Å². The van der Waals surface area contributed by atoms with Gasteiger partial charge in [-0.05, 0) is 18.6 Å². The molecule has 0 saturated carbocycles. The molecule has 0 amide bonds. The lowest BCUT2D eigenvalue weighted by molar-refractivity contribution is 0.729. The Morgan fingerprint density at radius 3 is 3.06 bits per heavy atom. The fraction of sp³-hybridized carbons (Fsp3) is 0.500. The molecule has 1 aromatic carbocycles. The lowest BCUT2D eigenvalue weighted by atomic mass is 10.2. The maximum absolute atomic E-state index is 6.23. The number of hydrogen-bond acceptors (Lipinski definition) is 3. The average molecular weight is 257 g/mol. The number of thioether (sulfide) groups is 1. The summed E-state index contributed by atoms with van der Waals surface area (Å²) in [6.45, 7) is 4.32. The van der Waals surface area contributed by atoms with Crippen LogP contribution in [0.3, 0.4) is 0 Å². The Labute approximate surface area is 106 Å². The van der Waals surface area contributed by atoms with Gasteiger partial charge in [-0.25, -0.2) is 0 Å². The normalized spacial score (nSPS) is 21.1. The van der Waals surface area contributed by atoms with E-state index >= 15 is 0 Å². The molecule has 0 aromatic heterocycles. The van der Waals surface area contributed by atoms with Crippen molar-refractivity contribution in [2.75, 3.05) is 29.5 Å². The number of hydrogen-bond donors (Lipinski definition) is 1. The van der Waals surface area contributed by atoms with Gasteiger partial charge in [0.2, 0.25) is 0 Å². The topological polar surface area (TPSA) is 29.3 Å². The number of nitrogens with zero attached hydrogens (tertiary/aromatic N) is 1. The highest BCUT2D eigenvalue weighted by atomic mass is 35.5. The highest BCUT2D eigenvalue weighted by Crippen LogP contribution is 2.35. The van der Waals surface area contributed by atoms with Gasteiger partial charge in [0.05, 0.1) is 16.4 Å². The van der Waals surface area contributed by atoms with Gasteiger partial charge < -0.3 is 10.6 Å². The van der Waals surface area contributed by atoms with Gasteiger partial charge in [0.15, 0.2) is 0 Å². The summed E-state index contributed by atoms with van der Waals surface area (Å²) in [7, 11) is 0. The largest absolute Gasteiger partial charge is 0.397 e. The maximum Gasteiger partial charge on any atom is 0.0789 e. The molecule has 1 aromatic rings. The molecule has 16 heavy (non-hydrogen) atoms. The first-order chi connectivity index (χ1) is 7.72. The number of nitrogens with two attached hydrogens (primary N) is 1. The first-order valence-corrected chi connectivity index (χ1v) is 7.05. The molecule has 1 saturated heterocycles. The van der Waals surface area contributed by atoms with Crippen LogP contribution in [0.25, 0.3) is 0 Å². The van der Waals surface area contributed by atoms with E-state index in [0.29, 0.717) is 5.25 Å². The monoisotopic (exact) mass is 256 g/mol. The van der Waals surface area contributed by atoms with Gasteiger partial charge in [-0.2, -0.15) is 11.8 Å². The summed E-state index contributed by atoms with van der Waals surface area (Å²) in [6, 6.07) is 5.73. The third kappa shape index (κ3) is 2.41. The molecule has 0 spiro atoms. The molecule has 0 bridgehead atoms. The first-order valence-electron chi connectivity index (χ1n) is 5.63. The van der Waals surface area contributed by atoms with E-state index in [0.717, 1.165) is 35.2 Å². The third-order valence-corrected chi connectivity index (χ3v) is 4.61.